The molecular weight excluding hydrogens is 202 g/mol. The Morgan fingerprint density at radius 3 is 2.79 bits per heavy atom. The first-order chi connectivity index (χ1) is 6.43. The largest absolute Gasteiger partial charge is 0.339 e. The molecule has 5 heteroatoms. The van der Waals surface area contributed by atoms with Crippen molar-refractivity contribution >= 4 is 12.4 Å². The van der Waals surface area contributed by atoms with Crippen LogP contribution < -0.4 is 5.32 Å². The van der Waals surface area contributed by atoms with Crippen molar-refractivity contribution in [2.75, 3.05) is 6.54 Å². The van der Waals surface area contributed by atoms with Crippen LogP contribution in [0.2, 0.25) is 0 Å². The van der Waals surface area contributed by atoms with Gasteiger partial charge in [0.15, 0.2) is 5.82 Å². The molecule has 0 amide bonds. The lowest BCUT2D eigenvalue weighted by Gasteiger charge is -2.01. The topological polar surface area (TPSA) is 51.0 Å². The van der Waals surface area contributed by atoms with Crippen molar-refractivity contribution in [2.24, 2.45) is 0 Å². The van der Waals surface area contributed by atoms with E-state index in [2.05, 4.69) is 15.5 Å². The zero-order valence-corrected chi connectivity index (χ0v) is 8.72. The van der Waals surface area contributed by atoms with Gasteiger partial charge in [0.25, 0.3) is 0 Å². The average Bonchev–Trinajstić information content (AvgIpc) is 2.72. The first-order valence-electron chi connectivity index (χ1n) is 5.00. The van der Waals surface area contributed by atoms with Gasteiger partial charge in [-0.3, -0.25) is 0 Å². The van der Waals surface area contributed by atoms with Gasteiger partial charge in [0.05, 0.1) is 6.04 Å². The summed E-state index contributed by atoms with van der Waals surface area (Å²) in [6.07, 6.45) is 4.81. The summed E-state index contributed by atoms with van der Waals surface area (Å²) in [6.45, 7) is 1.08. The van der Waals surface area contributed by atoms with Crippen LogP contribution in [0.3, 0.4) is 0 Å². The number of hydrogen-bond donors (Lipinski definition) is 1. The van der Waals surface area contributed by atoms with Crippen LogP contribution in [0.15, 0.2) is 4.52 Å². The van der Waals surface area contributed by atoms with Crippen LogP contribution in [0.5, 0.6) is 0 Å². The van der Waals surface area contributed by atoms with Crippen LogP contribution in [0, 0.1) is 0 Å². The molecule has 0 bridgehead atoms. The average molecular weight is 216 g/mol. The molecule has 1 aliphatic heterocycles. The molecule has 1 saturated carbocycles. The van der Waals surface area contributed by atoms with E-state index < -0.39 is 0 Å². The van der Waals surface area contributed by atoms with Gasteiger partial charge in [0, 0.05) is 5.92 Å². The lowest BCUT2D eigenvalue weighted by atomic mass is 10.2. The SMILES string of the molecule is C1CN[C@H](c2noc(C3CC3)n2)C1.Cl. The van der Waals surface area contributed by atoms with Crippen molar-refractivity contribution in [1.82, 2.24) is 15.5 Å². The van der Waals surface area contributed by atoms with E-state index in [0.717, 1.165) is 24.7 Å². The Morgan fingerprint density at radius 2 is 2.14 bits per heavy atom. The summed E-state index contributed by atoms with van der Waals surface area (Å²) in [4.78, 5) is 4.41. The highest BCUT2D eigenvalue weighted by molar-refractivity contribution is 5.85. The van der Waals surface area contributed by atoms with Crippen molar-refractivity contribution in [3.63, 3.8) is 0 Å². The fraction of sp³-hybridized carbons (Fsp3) is 0.778. The molecule has 2 heterocycles. The Labute approximate surface area is 88.9 Å². The van der Waals surface area contributed by atoms with Gasteiger partial charge in [-0.2, -0.15) is 4.98 Å². The minimum absolute atomic E-state index is 0. The first kappa shape index (κ1) is 9.93. The van der Waals surface area contributed by atoms with E-state index >= 15 is 0 Å². The summed E-state index contributed by atoms with van der Waals surface area (Å²) in [5.74, 6) is 2.28. The lowest BCUT2D eigenvalue weighted by Crippen LogP contribution is -2.14. The molecule has 0 unspecified atom stereocenters. The maximum Gasteiger partial charge on any atom is 0.229 e. The molecule has 0 spiro atoms. The van der Waals surface area contributed by atoms with E-state index in [1.54, 1.807) is 0 Å². The Balaban J connectivity index is 0.000000750. The molecule has 1 saturated heterocycles. The van der Waals surface area contributed by atoms with Crippen LogP contribution >= 0.6 is 12.4 Å². The molecule has 3 rings (SSSR count). The predicted molar refractivity (Wildman–Crippen MR) is 53.5 cm³/mol. The number of halogens is 1. The minimum atomic E-state index is 0. The molecule has 4 nitrogen and oxygen atoms in total. The molecule has 0 aromatic carbocycles. The maximum atomic E-state index is 5.20. The maximum absolute atomic E-state index is 5.20. The second-order valence-corrected chi connectivity index (χ2v) is 3.91. The highest BCUT2D eigenvalue weighted by Gasteiger charge is 2.31. The molecule has 14 heavy (non-hydrogen) atoms. The number of hydrogen-bond acceptors (Lipinski definition) is 4. The van der Waals surface area contributed by atoms with Gasteiger partial charge >= 0.3 is 0 Å². The van der Waals surface area contributed by atoms with E-state index in [0.29, 0.717) is 12.0 Å². The Kier molecular flexibility index (Phi) is 2.74. The highest BCUT2D eigenvalue weighted by Crippen LogP contribution is 2.39. The van der Waals surface area contributed by atoms with E-state index in [4.69, 9.17) is 4.52 Å². The summed E-state index contributed by atoms with van der Waals surface area (Å²) >= 11 is 0. The Morgan fingerprint density at radius 1 is 1.29 bits per heavy atom. The Bertz CT molecular complexity index is 305. The molecule has 1 atom stereocenters. The number of aromatic nitrogens is 2. The van der Waals surface area contributed by atoms with E-state index in [-0.39, 0.29) is 12.4 Å². The second-order valence-electron chi connectivity index (χ2n) is 3.91. The van der Waals surface area contributed by atoms with E-state index in [9.17, 15) is 0 Å². The van der Waals surface area contributed by atoms with Gasteiger partial charge in [-0.15, -0.1) is 12.4 Å². The monoisotopic (exact) mass is 215 g/mol. The van der Waals surface area contributed by atoms with E-state index in [1.807, 2.05) is 0 Å². The number of nitrogens with one attached hydrogen (secondary N) is 1. The van der Waals surface area contributed by atoms with Crippen molar-refractivity contribution in [3.8, 4) is 0 Å². The summed E-state index contributed by atoms with van der Waals surface area (Å²) in [6, 6.07) is 0.344. The van der Waals surface area contributed by atoms with Crippen LogP contribution in [-0.4, -0.2) is 16.7 Å². The molecule has 1 aromatic rings. The van der Waals surface area contributed by atoms with Crippen molar-refractivity contribution in [1.29, 1.82) is 0 Å². The van der Waals surface area contributed by atoms with Crippen LogP contribution in [0.1, 0.15) is 49.4 Å². The molecule has 1 aromatic heterocycles. The lowest BCUT2D eigenvalue weighted by molar-refractivity contribution is 0.369. The van der Waals surface area contributed by atoms with E-state index in [1.165, 1.54) is 19.3 Å². The fourth-order valence-corrected chi connectivity index (χ4v) is 1.79. The Hall–Kier alpha value is -0.610. The molecule has 2 fully saturated rings. The number of rotatable bonds is 2. The van der Waals surface area contributed by atoms with Gasteiger partial charge in [-0.05, 0) is 32.2 Å². The third-order valence-electron chi connectivity index (χ3n) is 2.76. The van der Waals surface area contributed by atoms with Crippen molar-refractivity contribution < 1.29 is 4.52 Å². The van der Waals surface area contributed by atoms with Crippen LogP contribution in [0.4, 0.5) is 0 Å². The summed E-state index contributed by atoms with van der Waals surface area (Å²) < 4.78 is 5.20. The summed E-state index contributed by atoms with van der Waals surface area (Å²) in [5.41, 5.74) is 0. The summed E-state index contributed by atoms with van der Waals surface area (Å²) in [7, 11) is 0. The first-order valence-corrected chi connectivity index (χ1v) is 5.00. The molecule has 1 N–H and O–H groups in total. The third kappa shape index (κ3) is 1.77. The third-order valence-corrected chi connectivity index (χ3v) is 2.76. The van der Waals surface area contributed by atoms with Crippen LogP contribution in [0.25, 0.3) is 0 Å². The van der Waals surface area contributed by atoms with Crippen molar-refractivity contribution in [3.05, 3.63) is 11.7 Å². The summed E-state index contributed by atoms with van der Waals surface area (Å²) in [5, 5.41) is 7.37. The zero-order chi connectivity index (χ0) is 8.67. The molecule has 78 valence electrons. The number of nitrogens with zero attached hydrogens (tertiary/aromatic N) is 2. The van der Waals surface area contributed by atoms with Crippen LogP contribution in [-0.2, 0) is 0 Å². The molecule has 0 radical (unpaired) electrons. The minimum Gasteiger partial charge on any atom is -0.339 e. The molecular formula is C9H14ClN3O. The normalized spacial score (nSPS) is 26.1. The van der Waals surface area contributed by atoms with Gasteiger partial charge in [0.2, 0.25) is 5.89 Å². The predicted octanol–water partition coefficient (Wildman–Crippen LogP) is 1.79. The molecule has 2 aliphatic rings. The van der Waals surface area contributed by atoms with Crippen molar-refractivity contribution in [2.45, 2.75) is 37.6 Å². The van der Waals surface area contributed by atoms with Gasteiger partial charge in [0.1, 0.15) is 0 Å². The standard InChI is InChI=1S/C9H13N3O.ClH/c1-2-7(10-5-1)8-11-9(13-12-8)6-3-4-6;/h6-7,10H,1-5H2;1H/t7-;/m0./s1. The smallest absolute Gasteiger partial charge is 0.229 e. The zero-order valence-electron chi connectivity index (χ0n) is 7.90. The van der Waals surface area contributed by atoms with Gasteiger partial charge in [-0.1, -0.05) is 5.16 Å². The molecule has 1 aliphatic carbocycles. The highest BCUT2D eigenvalue weighted by atomic mass is 35.5. The second kappa shape index (κ2) is 3.87. The fourth-order valence-electron chi connectivity index (χ4n) is 1.79. The van der Waals surface area contributed by atoms with Gasteiger partial charge in [-0.25, -0.2) is 0 Å². The quantitative estimate of drug-likeness (QED) is 0.818. The van der Waals surface area contributed by atoms with Gasteiger partial charge < -0.3 is 9.84 Å².